The number of rotatable bonds is 15. The molecule has 6 aliphatic rings. The van der Waals surface area contributed by atoms with Gasteiger partial charge in [0.05, 0.1) is 5.69 Å². The van der Waals surface area contributed by atoms with Gasteiger partial charge < -0.3 is 20.9 Å². The van der Waals surface area contributed by atoms with E-state index in [-0.39, 0.29) is 52.3 Å². The van der Waals surface area contributed by atoms with Crippen molar-refractivity contribution < 1.29 is 32.4 Å². The van der Waals surface area contributed by atoms with Crippen LogP contribution in [-0.2, 0) is 34.2 Å². The van der Waals surface area contributed by atoms with Crippen molar-refractivity contribution in [1.82, 2.24) is 30.5 Å². The molecule has 354 valence electrons. The maximum atomic E-state index is 15.4. The number of benzene rings is 1. The third kappa shape index (κ3) is 8.49. The minimum absolute atomic E-state index is 0.0394. The van der Waals surface area contributed by atoms with Crippen LogP contribution < -0.4 is 25.0 Å². The molecular weight excluding hydrogens is 831 g/mol. The lowest BCUT2D eigenvalue weighted by Gasteiger charge is -2.39. The largest absolute Gasteiger partial charge is 0.344 e. The second-order valence-electron chi connectivity index (χ2n) is 22.0. The summed E-state index contributed by atoms with van der Waals surface area (Å²) < 4.78 is 30.2. The van der Waals surface area contributed by atoms with Crippen LogP contribution in [0, 0.1) is 33.5 Å². The first-order chi connectivity index (χ1) is 30.1. The number of piperidine rings is 1. The van der Waals surface area contributed by atoms with E-state index in [9.17, 15) is 27.6 Å². The molecule has 1 aromatic carbocycles. The summed E-state index contributed by atoms with van der Waals surface area (Å²) in [5, 5.41) is 9.28. The number of hydrogen-bond donors (Lipinski definition) is 4. The molecule has 7 atom stereocenters. The van der Waals surface area contributed by atoms with Gasteiger partial charge in [0, 0.05) is 43.4 Å². The number of nitrogens with zero attached hydrogens (tertiary/aromatic N) is 3. The van der Waals surface area contributed by atoms with Crippen LogP contribution in [-0.4, -0.2) is 104 Å². The summed E-state index contributed by atoms with van der Waals surface area (Å²) in [6, 6.07) is 5.93. The standard InChI is InChI=1S/C49H75N7O7S/c1-10-34-29-49(34,44(61)53-64(62,63)54(9)35-22-15-12-16-23-35)52-41(58)37-30-48(46(7,8)47(48)25-19-26-47)31-56(37)43(60)40(45(4,5)6)51-42(59)39(33-20-13-11-14-21-33)50-38(57)28-36-24-17-18-27-55(36)32(2)3/h10,12,15-16,22-23,32-34,36-37,39-40H,1,11,13-14,17-21,24-31H2,2-9H3,(H,50,57)(H,51,59)(H,52,58)(H,53,61). The van der Waals surface area contributed by atoms with Gasteiger partial charge in [-0.3, -0.25) is 33.2 Å². The summed E-state index contributed by atoms with van der Waals surface area (Å²) in [5.41, 5.74) is -2.59. The van der Waals surface area contributed by atoms with Gasteiger partial charge in [-0.05, 0) is 106 Å². The Morgan fingerprint density at radius 2 is 1.56 bits per heavy atom. The van der Waals surface area contributed by atoms with Gasteiger partial charge in [0.2, 0.25) is 23.6 Å². The Kier molecular flexibility index (Phi) is 13.2. The van der Waals surface area contributed by atoms with E-state index in [2.05, 4.69) is 59.8 Å². The molecule has 0 radical (unpaired) electrons. The zero-order valence-electron chi connectivity index (χ0n) is 39.6. The van der Waals surface area contributed by atoms with Crippen LogP contribution >= 0.6 is 0 Å². The molecule has 4 N–H and O–H groups in total. The number of likely N-dealkylation sites (tertiary alicyclic amines) is 2. The van der Waals surface area contributed by atoms with Gasteiger partial charge in [0.1, 0.15) is 23.7 Å². The predicted octanol–water partition coefficient (Wildman–Crippen LogP) is 5.59. The number of carbonyl (C=O) groups is 5. The Hall–Kier alpha value is -3.98. The van der Waals surface area contributed by atoms with Crippen molar-refractivity contribution in [2.45, 2.75) is 174 Å². The summed E-state index contributed by atoms with van der Waals surface area (Å²) in [7, 11) is -3.02. The number of carbonyl (C=O) groups excluding carboxylic acids is 5. The molecule has 64 heavy (non-hydrogen) atoms. The maximum absolute atomic E-state index is 15.4. The molecule has 2 saturated heterocycles. The zero-order valence-corrected chi connectivity index (χ0v) is 40.5. The first-order valence-electron chi connectivity index (χ1n) is 24.0. The van der Waals surface area contributed by atoms with E-state index in [0.29, 0.717) is 31.1 Å². The SMILES string of the molecule is C=CC1CC1(NC(=O)C1CC2(CN1C(=O)C(NC(=O)C(NC(=O)CC1CCCCN1C(C)C)C1CCCCC1)C(C)(C)C)C(C)(C)C21CCC1)C(=O)NS(=O)(=O)N(C)c1ccccc1. The lowest BCUT2D eigenvalue weighted by atomic mass is 9.73. The lowest BCUT2D eigenvalue weighted by Crippen LogP contribution is -2.62. The molecule has 2 aliphatic heterocycles. The number of anilines is 1. The number of hydrogen-bond acceptors (Lipinski definition) is 8. The van der Waals surface area contributed by atoms with Gasteiger partial charge in [-0.1, -0.05) is 91.0 Å². The Balaban J connectivity index is 1.14. The van der Waals surface area contributed by atoms with E-state index in [1.54, 1.807) is 41.3 Å². The van der Waals surface area contributed by atoms with Gasteiger partial charge in [-0.25, -0.2) is 4.72 Å². The molecule has 14 nitrogen and oxygen atoms in total. The molecule has 4 saturated carbocycles. The molecular formula is C49H75N7O7S. The van der Waals surface area contributed by atoms with Crippen LogP contribution in [0.5, 0.6) is 0 Å². The molecule has 7 rings (SSSR count). The summed E-state index contributed by atoms with van der Waals surface area (Å²) in [4.78, 5) is 77.0. The monoisotopic (exact) mass is 906 g/mol. The van der Waals surface area contributed by atoms with Crippen LogP contribution in [0.3, 0.4) is 0 Å². The average molecular weight is 906 g/mol. The minimum atomic E-state index is -4.36. The lowest BCUT2D eigenvalue weighted by molar-refractivity contribution is -0.145. The third-order valence-corrected chi connectivity index (χ3v) is 18.4. The van der Waals surface area contributed by atoms with Gasteiger partial charge in [-0.15, -0.1) is 6.58 Å². The molecule has 7 unspecified atom stereocenters. The fourth-order valence-corrected chi connectivity index (χ4v) is 13.7. The van der Waals surface area contributed by atoms with E-state index in [0.717, 1.165) is 81.5 Å². The maximum Gasteiger partial charge on any atom is 0.325 e. The van der Waals surface area contributed by atoms with Crippen LogP contribution in [0.2, 0.25) is 0 Å². The Morgan fingerprint density at radius 3 is 2.12 bits per heavy atom. The fourth-order valence-electron chi connectivity index (χ4n) is 12.7. The summed E-state index contributed by atoms with van der Waals surface area (Å²) >= 11 is 0. The molecule has 15 heteroatoms. The van der Waals surface area contributed by atoms with E-state index in [4.69, 9.17) is 0 Å². The summed E-state index contributed by atoms with van der Waals surface area (Å²) in [5.74, 6) is -2.96. The van der Waals surface area contributed by atoms with Crippen molar-refractivity contribution in [3.05, 3.63) is 43.0 Å². The first kappa shape index (κ1) is 48.0. The molecule has 6 fully saturated rings. The van der Waals surface area contributed by atoms with Crippen LogP contribution in [0.15, 0.2) is 43.0 Å². The van der Waals surface area contributed by atoms with Crippen molar-refractivity contribution >= 4 is 45.4 Å². The number of fused-ring (bicyclic) bond motifs is 1. The van der Waals surface area contributed by atoms with Crippen LogP contribution in [0.25, 0.3) is 0 Å². The normalized spacial score (nSPS) is 29.6. The van der Waals surface area contributed by atoms with Gasteiger partial charge in [0.15, 0.2) is 0 Å². The third-order valence-electron chi connectivity index (χ3n) is 17.0. The van der Waals surface area contributed by atoms with Crippen LogP contribution in [0.1, 0.15) is 138 Å². The molecule has 0 aromatic heterocycles. The number of nitrogens with one attached hydrogen (secondary N) is 4. The van der Waals surface area contributed by atoms with Gasteiger partial charge in [-0.2, -0.15) is 8.42 Å². The molecule has 4 aliphatic carbocycles. The average Bonchev–Trinajstić information content (AvgIpc) is 3.96. The van der Waals surface area contributed by atoms with Gasteiger partial charge in [0.25, 0.3) is 5.91 Å². The highest BCUT2D eigenvalue weighted by atomic mass is 32.2. The second-order valence-corrected chi connectivity index (χ2v) is 23.7. The van der Waals surface area contributed by atoms with E-state index in [1.165, 1.54) is 7.05 Å². The van der Waals surface area contributed by atoms with E-state index in [1.807, 2.05) is 20.8 Å². The molecule has 2 heterocycles. The number of amides is 5. The first-order valence-corrected chi connectivity index (χ1v) is 25.5. The Bertz CT molecular complexity index is 2080. The van der Waals surface area contributed by atoms with E-state index < -0.39 is 57.0 Å². The predicted molar refractivity (Wildman–Crippen MR) is 248 cm³/mol. The highest BCUT2D eigenvalue weighted by Crippen LogP contribution is 2.88. The highest BCUT2D eigenvalue weighted by molar-refractivity contribution is 7.91. The molecule has 2 spiro atoms. The zero-order chi connectivity index (χ0) is 46.6. The van der Waals surface area contributed by atoms with Crippen LogP contribution in [0.4, 0.5) is 5.69 Å². The fraction of sp³-hybridized carbons (Fsp3) is 0.735. The van der Waals surface area contributed by atoms with E-state index >= 15 is 4.79 Å². The molecule has 0 bridgehead atoms. The summed E-state index contributed by atoms with van der Waals surface area (Å²) in [6.07, 6.45) is 13.1. The van der Waals surface area contributed by atoms with Crippen molar-refractivity contribution in [2.24, 2.45) is 33.5 Å². The second kappa shape index (κ2) is 17.7. The smallest absolute Gasteiger partial charge is 0.325 e. The van der Waals surface area contributed by atoms with Crippen molar-refractivity contribution in [1.29, 1.82) is 0 Å². The van der Waals surface area contributed by atoms with Crippen molar-refractivity contribution in [3.63, 3.8) is 0 Å². The molecule has 5 amide bonds. The Labute approximate surface area is 382 Å². The highest BCUT2D eigenvalue weighted by Gasteiger charge is 2.85. The number of para-hydroxylation sites is 1. The topological polar surface area (TPSA) is 177 Å². The van der Waals surface area contributed by atoms with Crippen molar-refractivity contribution in [3.8, 4) is 0 Å². The Morgan fingerprint density at radius 1 is 0.906 bits per heavy atom. The van der Waals surface area contributed by atoms with Gasteiger partial charge >= 0.3 is 10.2 Å². The summed E-state index contributed by atoms with van der Waals surface area (Å²) in [6.45, 7) is 19.6. The molecule has 1 aromatic rings. The minimum Gasteiger partial charge on any atom is -0.344 e. The quantitative estimate of drug-likeness (QED) is 0.165. The van der Waals surface area contributed by atoms with Crippen molar-refractivity contribution in [2.75, 3.05) is 24.4 Å².